The maximum atomic E-state index is 4.17. The van der Waals surface area contributed by atoms with Crippen molar-refractivity contribution in [2.24, 2.45) is 0 Å². The number of aromatic nitrogens is 1. The van der Waals surface area contributed by atoms with E-state index in [1.165, 1.54) is 24.8 Å². The van der Waals surface area contributed by atoms with Gasteiger partial charge in [-0.2, -0.15) is 0 Å². The Balaban J connectivity index is 2.14. The first-order valence-corrected chi connectivity index (χ1v) is 5.49. The van der Waals surface area contributed by atoms with Crippen LogP contribution in [0.5, 0.6) is 0 Å². The summed E-state index contributed by atoms with van der Waals surface area (Å²) in [4.78, 5) is 4.17. The van der Waals surface area contributed by atoms with Crippen LogP contribution >= 0.6 is 15.9 Å². The number of piperidine rings is 1. The van der Waals surface area contributed by atoms with Crippen molar-refractivity contribution in [3.05, 3.63) is 28.5 Å². The molecule has 0 bridgehead atoms. The number of rotatable bonds is 1. The summed E-state index contributed by atoms with van der Waals surface area (Å²) in [7, 11) is 0. The highest BCUT2D eigenvalue weighted by Crippen LogP contribution is 2.23. The molecule has 2 heterocycles. The van der Waals surface area contributed by atoms with Gasteiger partial charge in [-0.1, -0.05) is 6.42 Å². The minimum absolute atomic E-state index is 0.513. The van der Waals surface area contributed by atoms with Gasteiger partial charge in [-0.3, -0.25) is 4.98 Å². The van der Waals surface area contributed by atoms with E-state index in [2.05, 4.69) is 32.3 Å². The van der Waals surface area contributed by atoms with Crippen LogP contribution in [0.1, 0.15) is 30.9 Å². The lowest BCUT2D eigenvalue weighted by Crippen LogP contribution is -2.26. The Labute approximate surface area is 86.9 Å². The summed E-state index contributed by atoms with van der Waals surface area (Å²) in [6.07, 6.45) is 7.64. The monoisotopic (exact) mass is 240 g/mol. The third-order valence-corrected chi connectivity index (χ3v) is 2.87. The van der Waals surface area contributed by atoms with Crippen LogP contribution < -0.4 is 5.32 Å². The Bertz CT molecular complexity index is 282. The van der Waals surface area contributed by atoms with Gasteiger partial charge in [0.15, 0.2) is 0 Å². The molecule has 0 amide bonds. The molecule has 1 saturated heterocycles. The van der Waals surface area contributed by atoms with Crippen LogP contribution in [-0.2, 0) is 0 Å². The number of hydrogen-bond acceptors (Lipinski definition) is 2. The first kappa shape index (κ1) is 9.16. The van der Waals surface area contributed by atoms with Gasteiger partial charge in [-0.05, 0) is 46.9 Å². The van der Waals surface area contributed by atoms with E-state index in [1.54, 1.807) is 0 Å². The minimum Gasteiger partial charge on any atom is -0.310 e. The third kappa shape index (κ3) is 2.29. The summed E-state index contributed by atoms with van der Waals surface area (Å²) < 4.78 is 1.07. The maximum absolute atomic E-state index is 4.17. The van der Waals surface area contributed by atoms with E-state index in [0.29, 0.717) is 6.04 Å². The molecule has 1 aliphatic rings. The molecule has 0 spiro atoms. The highest BCUT2D eigenvalue weighted by atomic mass is 79.9. The number of nitrogens with zero attached hydrogens (tertiary/aromatic N) is 1. The molecule has 1 aromatic rings. The second kappa shape index (κ2) is 4.20. The molecule has 3 heteroatoms. The summed E-state index contributed by atoms with van der Waals surface area (Å²) in [5.74, 6) is 0. The van der Waals surface area contributed by atoms with E-state index in [1.807, 2.05) is 12.4 Å². The van der Waals surface area contributed by atoms with Crippen LogP contribution in [-0.4, -0.2) is 11.5 Å². The molecule has 0 unspecified atom stereocenters. The first-order valence-electron chi connectivity index (χ1n) is 4.70. The highest BCUT2D eigenvalue weighted by Gasteiger charge is 2.14. The Hall–Kier alpha value is -0.410. The molecule has 1 aliphatic heterocycles. The lowest BCUT2D eigenvalue weighted by atomic mass is 9.99. The molecule has 2 nitrogen and oxygen atoms in total. The lowest BCUT2D eigenvalue weighted by Gasteiger charge is -2.23. The van der Waals surface area contributed by atoms with Gasteiger partial charge >= 0.3 is 0 Å². The average Bonchev–Trinajstić information content (AvgIpc) is 2.19. The molecule has 0 aromatic carbocycles. The fourth-order valence-electron chi connectivity index (χ4n) is 1.76. The predicted molar refractivity (Wildman–Crippen MR) is 56.5 cm³/mol. The molecule has 13 heavy (non-hydrogen) atoms. The second-order valence-electron chi connectivity index (χ2n) is 3.44. The standard InChI is InChI=1S/C10H13BrN2/c11-9-5-8(6-12-7-9)10-3-1-2-4-13-10/h5-7,10,13H,1-4H2/t10-/m0/s1. The van der Waals surface area contributed by atoms with Crippen molar-refractivity contribution in [2.75, 3.05) is 6.54 Å². The second-order valence-corrected chi connectivity index (χ2v) is 4.35. The molecule has 2 rings (SSSR count). The topological polar surface area (TPSA) is 24.9 Å². The summed E-state index contributed by atoms with van der Waals surface area (Å²) in [5, 5.41) is 3.50. The van der Waals surface area contributed by atoms with Gasteiger partial charge < -0.3 is 5.32 Å². The smallest absolute Gasteiger partial charge is 0.0410 e. The zero-order valence-electron chi connectivity index (χ0n) is 7.46. The van der Waals surface area contributed by atoms with E-state index in [9.17, 15) is 0 Å². The predicted octanol–water partition coefficient (Wildman–Crippen LogP) is 2.66. The number of halogens is 1. The molecular formula is C10H13BrN2. The van der Waals surface area contributed by atoms with Gasteiger partial charge in [0.1, 0.15) is 0 Å². The van der Waals surface area contributed by atoms with Gasteiger partial charge in [0.2, 0.25) is 0 Å². The number of pyridine rings is 1. The molecule has 70 valence electrons. The number of nitrogens with one attached hydrogen (secondary N) is 1. The zero-order valence-corrected chi connectivity index (χ0v) is 9.05. The van der Waals surface area contributed by atoms with Gasteiger partial charge in [-0.15, -0.1) is 0 Å². The van der Waals surface area contributed by atoms with Gasteiger partial charge in [-0.25, -0.2) is 0 Å². The highest BCUT2D eigenvalue weighted by molar-refractivity contribution is 9.10. The Morgan fingerprint density at radius 2 is 2.31 bits per heavy atom. The van der Waals surface area contributed by atoms with Crippen LogP contribution in [0, 0.1) is 0 Å². The third-order valence-electron chi connectivity index (χ3n) is 2.44. The Morgan fingerprint density at radius 1 is 1.38 bits per heavy atom. The lowest BCUT2D eigenvalue weighted by molar-refractivity contribution is 0.411. The quantitative estimate of drug-likeness (QED) is 0.817. The van der Waals surface area contributed by atoms with Crippen LogP contribution in [0.4, 0.5) is 0 Å². The molecule has 1 N–H and O–H groups in total. The molecule has 1 aromatic heterocycles. The summed E-state index contributed by atoms with van der Waals surface area (Å²) in [6, 6.07) is 2.66. The molecular weight excluding hydrogens is 228 g/mol. The number of hydrogen-bond donors (Lipinski definition) is 1. The molecule has 0 saturated carbocycles. The maximum Gasteiger partial charge on any atom is 0.0410 e. The first-order chi connectivity index (χ1) is 6.36. The van der Waals surface area contributed by atoms with E-state index in [0.717, 1.165) is 11.0 Å². The fourth-order valence-corrected chi connectivity index (χ4v) is 2.14. The molecule has 1 atom stereocenters. The van der Waals surface area contributed by atoms with E-state index in [4.69, 9.17) is 0 Å². The largest absolute Gasteiger partial charge is 0.310 e. The summed E-state index contributed by atoms with van der Waals surface area (Å²) in [5.41, 5.74) is 1.30. The van der Waals surface area contributed by atoms with Crippen LogP contribution in [0.25, 0.3) is 0 Å². The van der Waals surface area contributed by atoms with E-state index in [-0.39, 0.29) is 0 Å². The zero-order chi connectivity index (χ0) is 9.10. The van der Waals surface area contributed by atoms with Crippen molar-refractivity contribution in [1.29, 1.82) is 0 Å². The van der Waals surface area contributed by atoms with Crippen LogP contribution in [0.2, 0.25) is 0 Å². The van der Waals surface area contributed by atoms with Crippen molar-refractivity contribution in [1.82, 2.24) is 10.3 Å². The van der Waals surface area contributed by atoms with Crippen molar-refractivity contribution < 1.29 is 0 Å². The van der Waals surface area contributed by atoms with Gasteiger partial charge in [0.05, 0.1) is 0 Å². The normalized spacial score (nSPS) is 23.0. The minimum atomic E-state index is 0.513. The Kier molecular flexibility index (Phi) is 2.96. The summed E-state index contributed by atoms with van der Waals surface area (Å²) >= 11 is 3.44. The van der Waals surface area contributed by atoms with Crippen molar-refractivity contribution in [3.8, 4) is 0 Å². The van der Waals surface area contributed by atoms with Gasteiger partial charge in [0, 0.05) is 22.9 Å². The van der Waals surface area contributed by atoms with E-state index >= 15 is 0 Å². The van der Waals surface area contributed by atoms with Crippen molar-refractivity contribution in [2.45, 2.75) is 25.3 Å². The van der Waals surface area contributed by atoms with E-state index < -0.39 is 0 Å². The molecule has 0 aliphatic carbocycles. The van der Waals surface area contributed by atoms with Crippen molar-refractivity contribution >= 4 is 15.9 Å². The fraction of sp³-hybridized carbons (Fsp3) is 0.500. The SMILES string of the molecule is Brc1cncc([C@@H]2CCCCN2)c1. The molecule has 1 fully saturated rings. The van der Waals surface area contributed by atoms with Crippen LogP contribution in [0.3, 0.4) is 0 Å². The summed E-state index contributed by atoms with van der Waals surface area (Å²) in [6.45, 7) is 1.14. The van der Waals surface area contributed by atoms with Gasteiger partial charge in [0.25, 0.3) is 0 Å². The average molecular weight is 241 g/mol. The molecule has 0 radical (unpaired) electrons. The van der Waals surface area contributed by atoms with Crippen LogP contribution in [0.15, 0.2) is 22.9 Å². The van der Waals surface area contributed by atoms with Crippen molar-refractivity contribution in [3.63, 3.8) is 0 Å². The Morgan fingerprint density at radius 3 is 3.00 bits per heavy atom.